The molecule has 0 amide bonds. The Labute approximate surface area is 87.3 Å². The zero-order valence-corrected chi connectivity index (χ0v) is 9.75. The molecule has 0 aromatic carbocycles. The van der Waals surface area contributed by atoms with Crippen LogP contribution in [0.25, 0.3) is 0 Å². The van der Waals surface area contributed by atoms with Crippen LogP contribution in [0.3, 0.4) is 0 Å². The van der Waals surface area contributed by atoms with Gasteiger partial charge in [0.2, 0.25) is 0 Å². The first-order valence-electron chi connectivity index (χ1n) is 4.56. The molecule has 1 aliphatic heterocycles. The van der Waals surface area contributed by atoms with Crippen LogP contribution in [0.2, 0.25) is 0 Å². The van der Waals surface area contributed by atoms with Crippen molar-refractivity contribution in [3.8, 4) is 0 Å². The summed E-state index contributed by atoms with van der Waals surface area (Å²) in [5, 5.41) is 0. The second-order valence-electron chi connectivity index (χ2n) is 3.81. The molecule has 0 unspecified atom stereocenters. The van der Waals surface area contributed by atoms with Crippen LogP contribution in [-0.4, -0.2) is 38.9 Å². The molecule has 0 bridgehead atoms. The van der Waals surface area contributed by atoms with Crippen molar-refractivity contribution in [3.05, 3.63) is 0 Å². The molecule has 1 saturated heterocycles. The topological polar surface area (TPSA) is 6.48 Å². The molecule has 0 aromatic rings. The molecule has 12 heavy (non-hydrogen) atoms. The number of hydrogen-bond acceptors (Lipinski definition) is 2. The Morgan fingerprint density at radius 3 is 1.50 bits per heavy atom. The molecule has 1 aliphatic rings. The summed E-state index contributed by atoms with van der Waals surface area (Å²) in [6, 6.07) is 1.20. The summed E-state index contributed by atoms with van der Waals surface area (Å²) in [6.07, 6.45) is 0. The second-order valence-corrected chi connectivity index (χ2v) is 4.47. The predicted molar refractivity (Wildman–Crippen MR) is 48.7 cm³/mol. The van der Waals surface area contributed by atoms with Crippen LogP contribution in [-0.2, 0) is 20.6 Å². The molecule has 0 radical (unpaired) electrons. The van der Waals surface area contributed by atoms with Gasteiger partial charge in [0.05, 0.1) is 0 Å². The van der Waals surface area contributed by atoms with Gasteiger partial charge >= 0.3 is 87.2 Å². The van der Waals surface area contributed by atoms with E-state index in [-0.39, 0.29) is 0 Å². The summed E-state index contributed by atoms with van der Waals surface area (Å²) in [5.41, 5.74) is 0. The van der Waals surface area contributed by atoms with Crippen LogP contribution in [0.4, 0.5) is 0 Å². The van der Waals surface area contributed by atoms with Crippen molar-refractivity contribution < 1.29 is 20.6 Å². The first kappa shape index (κ1) is 10.6. The molecule has 75 valence electrons. The third-order valence-electron chi connectivity index (χ3n) is 2.26. The van der Waals surface area contributed by atoms with Crippen LogP contribution in [0.15, 0.2) is 0 Å². The fourth-order valence-corrected chi connectivity index (χ4v) is 2.55. The molecule has 1 rings (SSSR count). The van der Waals surface area contributed by atoms with Crippen molar-refractivity contribution in [2.45, 2.75) is 39.8 Å². The Kier molecular flexibility index (Phi) is 3.68. The summed E-state index contributed by atoms with van der Waals surface area (Å²) in [4.78, 5) is 4.78. The summed E-state index contributed by atoms with van der Waals surface area (Å²) >= 11 is 3.66. The first-order chi connectivity index (χ1) is 5.54. The predicted octanol–water partition coefficient (Wildman–Crippen LogP) is 1.06. The maximum absolute atomic E-state index is 3.66. The maximum atomic E-state index is 3.66. The fraction of sp³-hybridized carbons (Fsp3) is 0.889. The molecule has 1 fully saturated rings. The van der Waals surface area contributed by atoms with E-state index in [2.05, 4.69) is 58.1 Å². The minimum absolute atomic E-state index is 0.599. The molecule has 3 heteroatoms. The van der Waals surface area contributed by atoms with Crippen molar-refractivity contribution in [3.63, 3.8) is 0 Å². The fourth-order valence-electron chi connectivity index (χ4n) is 1.45. The summed E-state index contributed by atoms with van der Waals surface area (Å²) in [5.74, 6) is 0. The van der Waals surface area contributed by atoms with Gasteiger partial charge in [0.15, 0.2) is 0 Å². The van der Waals surface area contributed by atoms with Crippen molar-refractivity contribution in [1.82, 2.24) is 9.80 Å². The Hall–Kier alpha value is 0.530. The van der Waals surface area contributed by atoms with Crippen LogP contribution in [0, 0.1) is 0 Å². The van der Waals surface area contributed by atoms with Crippen LogP contribution in [0.1, 0.15) is 27.7 Å². The van der Waals surface area contributed by atoms with Gasteiger partial charge in [0.1, 0.15) is 0 Å². The summed E-state index contributed by atoms with van der Waals surface area (Å²) in [7, 11) is 0. The SMILES string of the molecule is CC(C)N1CCN(C(C)C)[C]1=[Ag]. The number of nitrogens with zero attached hydrogens (tertiary/aromatic N) is 2. The Morgan fingerprint density at radius 1 is 1.00 bits per heavy atom. The van der Waals surface area contributed by atoms with Gasteiger partial charge < -0.3 is 0 Å². The number of hydrogen-bond donors (Lipinski definition) is 0. The summed E-state index contributed by atoms with van der Waals surface area (Å²) in [6.45, 7) is 11.2. The molecule has 0 aromatic heterocycles. The molecule has 1 heterocycles. The zero-order valence-electron chi connectivity index (χ0n) is 8.26. The van der Waals surface area contributed by atoms with E-state index in [9.17, 15) is 0 Å². The molecular formula is C9H18AgN2. The third kappa shape index (κ3) is 2.06. The van der Waals surface area contributed by atoms with E-state index < -0.39 is 0 Å². The van der Waals surface area contributed by atoms with Gasteiger partial charge in [-0.1, -0.05) is 0 Å². The molecule has 0 aliphatic carbocycles. The molecule has 0 spiro atoms. The third-order valence-corrected chi connectivity index (χ3v) is 3.11. The zero-order chi connectivity index (χ0) is 9.30. The average molecular weight is 262 g/mol. The van der Waals surface area contributed by atoms with Gasteiger partial charge in [0, 0.05) is 0 Å². The van der Waals surface area contributed by atoms with Gasteiger partial charge in [-0.25, -0.2) is 0 Å². The first-order valence-corrected chi connectivity index (χ1v) is 5.30. The van der Waals surface area contributed by atoms with Crippen molar-refractivity contribution in [1.29, 1.82) is 0 Å². The van der Waals surface area contributed by atoms with Crippen LogP contribution in [0.5, 0.6) is 0 Å². The van der Waals surface area contributed by atoms with Crippen LogP contribution >= 0.6 is 0 Å². The molecule has 0 N–H and O–H groups in total. The quantitative estimate of drug-likeness (QED) is 0.686. The Balaban J connectivity index is 2.61. The van der Waals surface area contributed by atoms with E-state index in [1.165, 1.54) is 3.97 Å². The van der Waals surface area contributed by atoms with E-state index in [1.54, 1.807) is 0 Å². The standard InChI is InChI=1S/C9H18N2.Ag/c1-8(2)10-5-6-11(7-10)9(3)4;/h8-9H,5-6H2,1-4H3;. The van der Waals surface area contributed by atoms with Crippen molar-refractivity contribution >= 4 is 3.97 Å². The molecular weight excluding hydrogens is 244 g/mol. The van der Waals surface area contributed by atoms with E-state index in [4.69, 9.17) is 0 Å². The minimum atomic E-state index is 0.599. The van der Waals surface area contributed by atoms with E-state index in [0.29, 0.717) is 12.1 Å². The Morgan fingerprint density at radius 2 is 1.33 bits per heavy atom. The second kappa shape index (κ2) is 4.16. The molecule has 0 atom stereocenters. The Bertz CT molecular complexity index is 159. The molecule has 2 nitrogen and oxygen atoms in total. The van der Waals surface area contributed by atoms with Gasteiger partial charge in [-0.3, -0.25) is 0 Å². The summed E-state index contributed by atoms with van der Waals surface area (Å²) < 4.78 is 1.25. The van der Waals surface area contributed by atoms with Crippen LogP contribution < -0.4 is 0 Å². The van der Waals surface area contributed by atoms with Crippen molar-refractivity contribution in [2.75, 3.05) is 13.1 Å². The van der Waals surface area contributed by atoms with Crippen molar-refractivity contribution in [2.24, 2.45) is 0 Å². The van der Waals surface area contributed by atoms with Gasteiger partial charge in [-0.15, -0.1) is 0 Å². The van der Waals surface area contributed by atoms with E-state index in [0.717, 1.165) is 13.1 Å². The van der Waals surface area contributed by atoms with E-state index in [1.807, 2.05) is 0 Å². The van der Waals surface area contributed by atoms with Gasteiger partial charge in [-0.05, 0) is 0 Å². The van der Waals surface area contributed by atoms with E-state index >= 15 is 0 Å². The average Bonchev–Trinajstić information content (AvgIpc) is 2.30. The van der Waals surface area contributed by atoms with Gasteiger partial charge in [0.25, 0.3) is 0 Å². The monoisotopic (exact) mass is 261 g/mol. The number of rotatable bonds is 2. The normalized spacial score (nSPS) is 21.8. The molecule has 0 saturated carbocycles. The van der Waals surface area contributed by atoms with Gasteiger partial charge in [-0.2, -0.15) is 0 Å².